The molecule has 1 aromatic carbocycles. The highest BCUT2D eigenvalue weighted by Gasteiger charge is 2.19. The summed E-state index contributed by atoms with van der Waals surface area (Å²) >= 11 is 0. The van der Waals surface area contributed by atoms with Gasteiger partial charge in [0.15, 0.2) is 0 Å². The molecule has 0 unspecified atom stereocenters. The smallest absolute Gasteiger partial charge is 0.125 e. The van der Waals surface area contributed by atoms with E-state index >= 15 is 0 Å². The van der Waals surface area contributed by atoms with Crippen molar-refractivity contribution in [3.05, 3.63) is 29.8 Å². The van der Waals surface area contributed by atoms with Crippen LogP contribution in [0.3, 0.4) is 0 Å². The summed E-state index contributed by atoms with van der Waals surface area (Å²) in [7, 11) is 0. The average Bonchev–Trinajstić information content (AvgIpc) is 2.84. The SMILES string of the molecule is Fc1ccc2[nH]c([C@@H]3CCCN3)nc2c1. The molecule has 1 aliphatic rings. The van der Waals surface area contributed by atoms with Gasteiger partial charge in [-0.2, -0.15) is 0 Å². The highest BCUT2D eigenvalue weighted by Crippen LogP contribution is 2.23. The van der Waals surface area contributed by atoms with E-state index in [1.165, 1.54) is 18.6 Å². The van der Waals surface area contributed by atoms with Crippen LogP contribution in [-0.4, -0.2) is 16.5 Å². The first kappa shape index (κ1) is 8.85. The Kier molecular flexibility index (Phi) is 1.95. The Morgan fingerprint density at radius 2 is 2.33 bits per heavy atom. The first-order valence-corrected chi connectivity index (χ1v) is 5.21. The van der Waals surface area contributed by atoms with Crippen LogP contribution < -0.4 is 5.32 Å². The minimum atomic E-state index is -0.236. The molecule has 1 aliphatic heterocycles. The summed E-state index contributed by atoms with van der Waals surface area (Å²) in [6, 6.07) is 4.95. The van der Waals surface area contributed by atoms with E-state index in [4.69, 9.17) is 0 Å². The van der Waals surface area contributed by atoms with Crippen LogP contribution >= 0.6 is 0 Å². The van der Waals surface area contributed by atoms with Gasteiger partial charge in [0.2, 0.25) is 0 Å². The lowest BCUT2D eigenvalue weighted by Gasteiger charge is -2.04. The zero-order valence-electron chi connectivity index (χ0n) is 8.26. The zero-order chi connectivity index (χ0) is 10.3. The number of aromatic nitrogens is 2. The van der Waals surface area contributed by atoms with E-state index in [9.17, 15) is 4.39 Å². The number of hydrogen-bond acceptors (Lipinski definition) is 2. The molecule has 0 amide bonds. The van der Waals surface area contributed by atoms with Crippen LogP contribution in [0.2, 0.25) is 0 Å². The highest BCUT2D eigenvalue weighted by atomic mass is 19.1. The van der Waals surface area contributed by atoms with Crippen molar-refractivity contribution < 1.29 is 4.39 Å². The molecular formula is C11H12FN3. The molecule has 1 atom stereocenters. The Bertz CT molecular complexity index is 486. The second-order valence-corrected chi connectivity index (χ2v) is 3.93. The van der Waals surface area contributed by atoms with Crippen molar-refractivity contribution in [1.82, 2.24) is 15.3 Å². The van der Waals surface area contributed by atoms with Crippen molar-refractivity contribution in [3.63, 3.8) is 0 Å². The van der Waals surface area contributed by atoms with Crippen molar-refractivity contribution in [2.24, 2.45) is 0 Å². The van der Waals surface area contributed by atoms with Crippen molar-refractivity contribution >= 4 is 11.0 Å². The summed E-state index contributed by atoms with van der Waals surface area (Å²) < 4.78 is 13.0. The second-order valence-electron chi connectivity index (χ2n) is 3.93. The van der Waals surface area contributed by atoms with Gasteiger partial charge in [-0.1, -0.05) is 0 Å². The largest absolute Gasteiger partial charge is 0.341 e. The number of nitrogens with zero attached hydrogens (tertiary/aromatic N) is 1. The molecule has 2 N–H and O–H groups in total. The van der Waals surface area contributed by atoms with E-state index in [2.05, 4.69) is 15.3 Å². The van der Waals surface area contributed by atoms with E-state index in [-0.39, 0.29) is 5.82 Å². The van der Waals surface area contributed by atoms with E-state index in [1.807, 2.05) is 0 Å². The number of aromatic amines is 1. The Morgan fingerprint density at radius 1 is 1.40 bits per heavy atom. The van der Waals surface area contributed by atoms with Crippen LogP contribution in [0.1, 0.15) is 24.7 Å². The second kappa shape index (κ2) is 3.31. The van der Waals surface area contributed by atoms with Crippen LogP contribution in [0.4, 0.5) is 4.39 Å². The Labute approximate surface area is 86.7 Å². The molecule has 0 saturated carbocycles. The van der Waals surface area contributed by atoms with E-state index < -0.39 is 0 Å². The quantitative estimate of drug-likeness (QED) is 0.748. The van der Waals surface area contributed by atoms with Gasteiger partial charge in [0, 0.05) is 6.07 Å². The molecule has 0 aliphatic carbocycles. The Balaban J connectivity index is 2.05. The van der Waals surface area contributed by atoms with Crippen LogP contribution in [0.15, 0.2) is 18.2 Å². The standard InChI is InChI=1S/C11H12FN3/c12-7-3-4-8-10(6-7)15-11(14-8)9-2-1-5-13-9/h3-4,6,9,13H,1-2,5H2,(H,14,15)/t9-/m0/s1. The van der Waals surface area contributed by atoms with Crippen LogP contribution in [0.5, 0.6) is 0 Å². The summed E-state index contributed by atoms with van der Waals surface area (Å²) in [5.74, 6) is 0.688. The maximum Gasteiger partial charge on any atom is 0.125 e. The van der Waals surface area contributed by atoms with Crippen LogP contribution in [-0.2, 0) is 0 Å². The predicted octanol–water partition coefficient (Wildman–Crippen LogP) is 2.13. The zero-order valence-corrected chi connectivity index (χ0v) is 8.26. The number of benzene rings is 1. The average molecular weight is 205 g/mol. The number of rotatable bonds is 1. The summed E-state index contributed by atoms with van der Waals surface area (Å²) in [4.78, 5) is 7.62. The van der Waals surface area contributed by atoms with E-state index in [1.54, 1.807) is 6.07 Å². The molecular weight excluding hydrogens is 193 g/mol. The molecule has 0 spiro atoms. The molecule has 78 valence electrons. The lowest BCUT2D eigenvalue weighted by molar-refractivity contribution is 0.614. The summed E-state index contributed by atoms with van der Waals surface area (Å²) in [5, 5.41) is 3.36. The third kappa shape index (κ3) is 1.51. The first-order chi connectivity index (χ1) is 7.33. The summed E-state index contributed by atoms with van der Waals surface area (Å²) in [6.07, 6.45) is 2.28. The lowest BCUT2D eigenvalue weighted by Crippen LogP contribution is -2.13. The molecule has 1 saturated heterocycles. The minimum absolute atomic E-state index is 0.236. The maximum atomic E-state index is 13.0. The Hall–Kier alpha value is -1.42. The molecule has 4 heteroatoms. The van der Waals surface area contributed by atoms with E-state index in [0.29, 0.717) is 11.6 Å². The molecule has 3 nitrogen and oxygen atoms in total. The van der Waals surface area contributed by atoms with Gasteiger partial charge in [0.25, 0.3) is 0 Å². The van der Waals surface area contributed by atoms with Crippen LogP contribution in [0, 0.1) is 5.82 Å². The maximum absolute atomic E-state index is 13.0. The minimum Gasteiger partial charge on any atom is -0.341 e. The number of hydrogen-bond donors (Lipinski definition) is 2. The third-order valence-electron chi connectivity index (χ3n) is 2.85. The summed E-state index contributed by atoms with van der Waals surface area (Å²) in [6.45, 7) is 1.04. The van der Waals surface area contributed by atoms with Crippen LogP contribution in [0.25, 0.3) is 11.0 Å². The van der Waals surface area contributed by atoms with Gasteiger partial charge in [0.1, 0.15) is 11.6 Å². The number of H-pyrrole nitrogens is 1. The Morgan fingerprint density at radius 3 is 3.13 bits per heavy atom. The molecule has 15 heavy (non-hydrogen) atoms. The number of imidazole rings is 1. The van der Waals surface area contributed by atoms with Crippen molar-refractivity contribution in [3.8, 4) is 0 Å². The first-order valence-electron chi connectivity index (χ1n) is 5.21. The summed E-state index contributed by atoms with van der Waals surface area (Å²) in [5.41, 5.74) is 1.61. The number of halogens is 1. The van der Waals surface area contributed by atoms with Gasteiger partial charge in [-0.05, 0) is 31.5 Å². The van der Waals surface area contributed by atoms with Gasteiger partial charge in [0.05, 0.1) is 17.1 Å². The van der Waals surface area contributed by atoms with E-state index in [0.717, 1.165) is 24.3 Å². The molecule has 1 aromatic heterocycles. The number of nitrogens with one attached hydrogen (secondary N) is 2. The van der Waals surface area contributed by atoms with Gasteiger partial charge in [-0.3, -0.25) is 0 Å². The van der Waals surface area contributed by atoms with Gasteiger partial charge >= 0.3 is 0 Å². The predicted molar refractivity (Wildman–Crippen MR) is 56.0 cm³/mol. The van der Waals surface area contributed by atoms with Gasteiger partial charge < -0.3 is 10.3 Å². The molecule has 0 radical (unpaired) electrons. The molecule has 2 aromatic rings. The lowest BCUT2D eigenvalue weighted by atomic mass is 10.2. The van der Waals surface area contributed by atoms with Crippen molar-refractivity contribution in [2.75, 3.05) is 6.54 Å². The molecule has 0 bridgehead atoms. The van der Waals surface area contributed by atoms with Gasteiger partial charge in [-0.25, -0.2) is 9.37 Å². The van der Waals surface area contributed by atoms with Crippen molar-refractivity contribution in [2.45, 2.75) is 18.9 Å². The normalized spacial score (nSPS) is 21.3. The number of fused-ring (bicyclic) bond motifs is 1. The fraction of sp³-hybridized carbons (Fsp3) is 0.364. The third-order valence-corrected chi connectivity index (χ3v) is 2.85. The molecule has 3 rings (SSSR count). The molecule has 1 fully saturated rings. The highest BCUT2D eigenvalue weighted by molar-refractivity contribution is 5.75. The molecule has 2 heterocycles. The fourth-order valence-electron chi connectivity index (χ4n) is 2.08. The fourth-order valence-corrected chi connectivity index (χ4v) is 2.08. The topological polar surface area (TPSA) is 40.7 Å². The monoisotopic (exact) mass is 205 g/mol. The van der Waals surface area contributed by atoms with Gasteiger partial charge in [-0.15, -0.1) is 0 Å². The van der Waals surface area contributed by atoms with Crippen molar-refractivity contribution in [1.29, 1.82) is 0 Å².